The summed E-state index contributed by atoms with van der Waals surface area (Å²) >= 11 is 3.06. The van der Waals surface area contributed by atoms with Gasteiger partial charge in [0.15, 0.2) is 0 Å². The van der Waals surface area contributed by atoms with Crippen molar-refractivity contribution in [1.29, 1.82) is 0 Å². The van der Waals surface area contributed by atoms with Gasteiger partial charge in [-0.3, -0.25) is 0 Å². The Morgan fingerprint density at radius 3 is 2.21 bits per heavy atom. The first-order valence-electron chi connectivity index (χ1n) is 5.57. The summed E-state index contributed by atoms with van der Waals surface area (Å²) in [7, 11) is 0. The van der Waals surface area contributed by atoms with Crippen LogP contribution in [0.4, 0.5) is 13.2 Å². The Hall–Kier alpha value is -1.55. The van der Waals surface area contributed by atoms with Crippen LogP contribution < -0.4 is 0 Å². The molecular weight excluding hydrogens is 317 g/mol. The second kappa shape index (κ2) is 5.61. The number of rotatable bonds is 2. The highest BCUT2D eigenvalue weighted by Gasteiger charge is 2.32. The Labute approximate surface area is 117 Å². The van der Waals surface area contributed by atoms with Gasteiger partial charge in [-0.25, -0.2) is 0 Å². The Bertz CT molecular complexity index is 586. The van der Waals surface area contributed by atoms with Crippen LogP contribution in [0.25, 0.3) is 12.2 Å². The van der Waals surface area contributed by atoms with Crippen molar-refractivity contribution in [1.82, 2.24) is 0 Å². The van der Waals surface area contributed by atoms with Crippen LogP contribution in [0.15, 0.2) is 53.0 Å². The monoisotopic (exact) mass is 326 g/mol. The molecule has 2 aromatic carbocycles. The minimum absolute atomic E-state index is 0.152. The normalized spacial score (nSPS) is 12.0. The van der Waals surface area contributed by atoms with Gasteiger partial charge in [-0.1, -0.05) is 64.5 Å². The van der Waals surface area contributed by atoms with Gasteiger partial charge in [0.2, 0.25) is 0 Å². The van der Waals surface area contributed by atoms with Crippen LogP contribution in [-0.4, -0.2) is 0 Å². The van der Waals surface area contributed by atoms with Gasteiger partial charge >= 0.3 is 6.18 Å². The molecule has 0 fully saturated rings. The van der Waals surface area contributed by atoms with Gasteiger partial charge in [-0.2, -0.15) is 13.2 Å². The predicted molar refractivity (Wildman–Crippen MR) is 74.5 cm³/mol. The van der Waals surface area contributed by atoms with Crippen LogP contribution in [-0.2, 0) is 6.18 Å². The van der Waals surface area contributed by atoms with Gasteiger partial charge < -0.3 is 0 Å². The molecular formula is C15H10BrF3. The van der Waals surface area contributed by atoms with E-state index in [1.54, 1.807) is 12.1 Å². The van der Waals surface area contributed by atoms with Crippen LogP contribution >= 0.6 is 15.9 Å². The maximum atomic E-state index is 12.9. The second-order valence-corrected chi connectivity index (χ2v) is 4.89. The van der Waals surface area contributed by atoms with E-state index in [-0.39, 0.29) is 5.56 Å². The fourth-order valence-corrected chi connectivity index (χ4v) is 2.03. The predicted octanol–water partition coefficient (Wildman–Crippen LogP) is 5.64. The van der Waals surface area contributed by atoms with E-state index in [9.17, 15) is 13.2 Å². The van der Waals surface area contributed by atoms with E-state index < -0.39 is 11.7 Å². The molecule has 98 valence electrons. The molecule has 0 saturated heterocycles. The van der Waals surface area contributed by atoms with Crippen molar-refractivity contribution >= 4 is 28.1 Å². The molecule has 0 bridgehead atoms. The van der Waals surface area contributed by atoms with Crippen molar-refractivity contribution in [3.63, 3.8) is 0 Å². The Balaban J connectivity index is 2.38. The molecule has 0 spiro atoms. The maximum Gasteiger partial charge on any atom is 0.417 e. The zero-order valence-corrected chi connectivity index (χ0v) is 11.4. The van der Waals surface area contributed by atoms with Crippen molar-refractivity contribution in [2.45, 2.75) is 6.18 Å². The Morgan fingerprint density at radius 1 is 0.895 bits per heavy atom. The highest BCUT2D eigenvalue weighted by Crippen LogP contribution is 2.34. The fourth-order valence-electron chi connectivity index (χ4n) is 1.67. The smallest absolute Gasteiger partial charge is 0.166 e. The summed E-state index contributed by atoms with van der Waals surface area (Å²) < 4.78 is 39.1. The van der Waals surface area contributed by atoms with Crippen molar-refractivity contribution < 1.29 is 13.2 Å². The highest BCUT2D eigenvalue weighted by atomic mass is 79.9. The van der Waals surface area contributed by atoms with E-state index in [0.717, 1.165) is 11.6 Å². The molecule has 0 atom stereocenters. The minimum atomic E-state index is -4.36. The molecule has 0 radical (unpaired) electrons. The lowest BCUT2D eigenvalue weighted by Crippen LogP contribution is -2.07. The van der Waals surface area contributed by atoms with Crippen molar-refractivity contribution in [2.24, 2.45) is 0 Å². The number of hydrogen-bond acceptors (Lipinski definition) is 0. The molecule has 2 aromatic rings. The lowest BCUT2D eigenvalue weighted by atomic mass is 10.1. The first kappa shape index (κ1) is 13.9. The average Bonchev–Trinajstić information content (AvgIpc) is 2.37. The zero-order valence-electron chi connectivity index (χ0n) is 9.79. The minimum Gasteiger partial charge on any atom is -0.166 e. The molecule has 4 heteroatoms. The number of benzene rings is 2. The summed E-state index contributed by atoms with van der Waals surface area (Å²) in [6, 6.07) is 13.3. The van der Waals surface area contributed by atoms with E-state index >= 15 is 0 Å². The molecule has 0 N–H and O–H groups in total. The van der Waals surface area contributed by atoms with Crippen molar-refractivity contribution in [3.8, 4) is 0 Å². The molecule has 0 aliphatic heterocycles. The fraction of sp³-hybridized carbons (Fsp3) is 0.0667. The summed E-state index contributed by atoms with van der Waals surface area (Å²) in [6.07, 6.45) is -1.22. The number of alkyl halides is 3. The Morgan fingerprint density at radius 2 is 1.58 bits per heavy atom. The van der Waals surface area contributed by atoms with E-state index in [2.05, 4.69) is 15.9 Å². The van der Waals surface area contributed by atoms with Crippen molar-refractivity contribution in [2.75, 3.05) is 0 Å². The van der Waals surface area contributed by atoms with Gasteiger partial charge in [0.25, 0.3) is 0 Å². The summed E-state index contributed by atoms with van der Waals surface area (Å²) in [5, 5.41) is 0. The molecule has 0 aromatic heterocycles. The van der Waals surface area contributed by atoms with Crippen molar-refractivity contribution in [3.05, 3.63) is 69.7 Å². The largest absolute Gasteiger partial charge is 0.417 e. The maximum absolute atomic E-state index is 12.9. The molecule has 0 aliphatic carbocycles. The molecule has 0 nitrogen and oxygen atoms in total. The van der Waals surface area contributed by atoms with Crippen LogP contribution in [0.1, 0.15) is 16.7 Å². The first-order valence-corrected chi connectivity index (χ1v) is 6.36. The van der Waals surface area contributed by atoms with Gasteiger partial charge in [0.05, 0.1) is 5.56 Å². The SMILES string of the molecule is FC(F)(F)c1cc(Br)ccc1/C=C/c1ccccc1. The van der Waals surface area contributed by atoms with Crippen LogP contribution in [0.3, 0.4) is 0 Å². The van der Waals surface area contributed by atoms with Crippen LogP contribution in [0.5, 0.6) is 0 Å². The lowest BCUT2D eigenvalue weighted by Gasteiger charge is -2.10. The van der Waals surface area contributed by atoms with E-state index in [0.29, 0.717) is 4.47 Å². The molecule has 0 aliphatic rings. The molecule has 0 heterocycles. The topological polar surface area (TPSA) is 0 Å². The quantitative estimate of drug-likeness (QED) is 0.626. The van der Waals surface area contributed by atoms with Gasteiger partial charge in [0.1, 0.15) is 0 Å². The second-order valence-electron chi connectivity index (χ2n) is 3.97. The molecule has 0 unspecified atom stereocenters. The molecule has 2 rings (SSSR count). The zero-order chi connectivity index (χ0) is 13.9. The third-order valence-corrected chi connectivity index (χ3v) is 3.07. The molecule has 19 heavy (non-hydrogen) atoms. The molecule has 0 saturated carbocycles. The van der Waals surface area contributed by atoms with Gasteiger partial charge in [0, 0.05) is 4.47 Å². The standard InChI is InChI=1S/C15H10BrF3/c16-13-9-8-12(14(10-13)15(17,18)19)7-6-11-4-2-1-3-5-11/h1-10H/b7-6+. The summed E-state index contributed by atoms with van der Waals surface area (Å²) in [5.41, 5.74) is 0.368. The van der Waals surface area contributed by atoms with Gasteiger partial charge in [-0.15, -0.1) is 0 Å². The van der Waals surface area contributed by atoms with E-state index in [1.165, 1.54) is 12.1 Å². The first-order chi connectivity index (χ1) is 8.97. The van der Waals surface area contributed by atoms with E-state index in [1.807, 2.05) is 30.3 Å². The summed E-state index contributed by atoms with van der Waals surface area (Å²) in [6.45, 7) is 0. The molecule has 0 amide bonds. The summed E-state index contributed by atoms with van der Waals surface area (Å²) in [4.78, 5) is 0. The highest BCUT2D eigenvalue weighted by molar-refractivity contribution is 9.10. The van der Waals surface area contributed by atoms with Gasteiger partial charge in [-0.05, 0) is 23.3 Å². The third-order valence-electron chi connectivity index (χ3n) is 2.58. The summed E-state index contributed by atoms with van der Waals surface area (Å²) in [5.74, 6) is 0. The van der Waals surface area contributed by atoms with E-state index in [4.69, 9.17) is 0 Å². The third kappa shape index (κ3) is 3.70. The van der Waals surface area contributed by atoms with Crippen LogP contribution in [0.2, 0.25) is 0 Å². The number of hydrogen-bond donors (Lipinski definition) is 0. The Kier molecular flexibility index (Phi) is 4.10. The number of halogens is 4. The average molecular weight is 327 g/mol. The lowest BCUT2D eigenvalue weighted by molar-refractivity contribution is -0.137. The van der Waals surface area contributed by atoms with Crippen LogP contribution in [0, 0.1) is 0 Å².